The van der Waals surface area contributed by atoms with Crippen LogP contribution in [-0.4, -0.2) is 30.9 Å². The van der Waals surface area contributed by atoms with Crippen LogP contribution in [0, 0.1) is 6.92 Å². The van der Waals surface area contributed by atoms with Crippen molar-refractivity contribution in [2.24, 2.45) is 0 Å². The Morgan fingerprint density at radius 1 is 1.03 bits per heavy atom. The lowest BCUT2D eigenvalue weighted by Crippen LogP contribution is -2.45. The quantitative estimate of drug-likeness (QED) is 0.691. The molecule has 0 saturated carbocycles. The number of hydrogen-bond donors (Lipinski definition) is 1. The van der Waals surface area contributed by atoms with E-state index in [1.807, 2.05) is 0 Å². The third-order valence-corrected chi connectivity index (χ3v) is 7.77. The van der Waals surface area contributed by atoms with Gasteiger partial charge in [-0.1, -0.05) is 35.3 Å². The van der Waals surface area contributed by atoms with Crippen LogP contribution >= 0.6 is 23.2 Å². The fourth-order valence-electron chi connectivity index (χ4n) is 3.30. The number of aryl methyl sites for hydroxylation is 1. The van der Waals surface area contributed by atoms with Gasteiger partial charge in [0.15, 0.2) is 0 Å². The molecule has 0 unspecified atom stereocenters. The van der Waals surface area contributed by atoms with E-state index in [9.17, 15) is 26.7 Å². The van der Waals surface area contributed by atoms with Crippen molar-refractivity contribution in [2.75, 3.05) is 13.1 Å². The van der Waals surface area contributed by atoms with E-state index in [4.69, 9.17) is 23.2 Å². The molecule has 0 bridgehead atoms. The van der Waals surface area contributed by atoms with Gasteiger partial charge >= 0.3 is 6.18 Å². The molecule has 0 aromatic heterocycles. The van der Waals surface area contributed by atoms with Crippen molar-refractivity contribution in [3.05, 3.63) is 63.1 Å². The molecule has 2 aromatic carbocycles. The van der Waals surface area contributed by atoms with E-state index in [1.165, 1.54) is 22.5 Å². The number of nitrogens with zero attached hydrogens (tertiary/aromatic N) is 1. The fourth-order valence-corrected chi connectivity index (χ4v) is 5.24. The molecule has 0 aliphatic carbocycles. The molecular weight excluding hydrogens is 450 g/mol. The van der Waals surface area contributed by atoms with Crippen molar-refractivity contribution < 1.29 is 26.7 Å². The van der Waals surface area contributed by atoms with Gasteiger partial charge in [0.2, 0.25) is 10.0 Å². The molecule has 1 N–H and O–H groups in total. The minimum atomic E-state index is -4.65. The van der Waals surface area contributed by atoms with Gasteiger partial charge in [0.1, 0.15) is 0 Å². The SMILES string of the molecule is Cc1ccc(S(=O)(=O)N2CCC(O)(c3ccc(Cl)c(C(F)(F)F)c3)CC2)cc1Cl. The number of benzene rings is 2. The maximum atomic E-state index is 13.1. The van der Waals surface area contributed by atoms with Gasteiger partial charge in [-0.3, -0.25) is 0 Å². The lowest BCUT2D eigenvalue weighted by Gasteiger charge is -2.38. The Hall–Kier alpha value is -1.32. The first-order valence-corrected chi connectivity index (χ1v) is 10.9. The molecule has 0 radical (unpaired) electrons. The summed E-state index contributed by atoms with van der Waals surface area (Å²) in [5, 5.41) is 10.8. The molecule has 1 saturated heterocycles. The maximum absolute atomic E-state index is 13.1. The van der Waals surface area contributed by atoms with Gasteiger partial charge in [0.05, 0.1) is 21.1 Å². The highest BCUT2D eigenvalue weighted by Crippen LogP contribution is 2.40. The van der Waals surface area contributed by atoms with Crippen molar-refractivity contribution in [2.45, 2.75) is 36.4 Å². The molecule has 4 nitrogen and oxygen atoms in total. The molecule has 0 spiro atoms. The van der Waals surface area contributed by atoms with Gasteiger partial charge < -0.3 is 5.11 Å². The number of halogens is 5. The lowest BCUT2D eigenvalue weighted by atomic mass is 9.84. The second-order valence-electron chi connectivity index (χ2n) is 7.04. The number of alkyl halides is 3. The van der Waals surface area contributed by atoms with E-state index < -0.39 is 32.4 Å². The van der Waals surface area contributed by atoms with Crippen LogP contribution in [0.1, 0.15) is 29.5 Å². The molecular formula is C19H18Cl2F3NO3S. The van der Waals surface area contributed by atoms with Crippen LogP contribution in [0.4, 0.5) is 13.2 Å². The Labute approximate surface area is 176 Å². The molecule has 2 aromatic rings. The number of sulfonamides is 1. The monoisotopic (exact) mass is 467 g/mol. The first-order valence-electron chi connectivity index (χ1n) is 8.70. The summed E-state index contributed by atoms with van der Waals surface area (Å²) in [6.45, 7) is 1.66. The Morgan fingerprint density at radius 3 is 2.21 bits per heavy atom. The van der Waals surface area contributed by atoms with E-state index >= 15 is 0 Å². The molecule has 158 valence electrons. The summed E-state index contributed by atoms with van der Waals surface area (Å²) in [7, 11) is -3.84. The number of aliphatic hydroxyl groups is 1. The van der Waals surface area contributed by atoms with Gasteiger partial charge in [0.25, 0.3) is 0 Å². The minimum absolute atomic E-state index is 0.0318. The van der Waals surface area contributed by atoms with E-state index in [0.29, 0.717) is 5.02 Å². The van der Waals surface area contributed by atoms with Crippen LogP contribution in [0.2, 0.25) is 10.0 Å². The van der Waals surface area contributed by atoms with Crippen LogP contribution in [0.25, 0.3) is 0 Å². The van der Waals surface area contributed by atoms with Crippen molar-refractivity contribution in [1.29, 1.82) is 0 Å². The van der Waals surface area contributed by atoms with E-state index in [0.717, 1.165) is 17.7 Å². The number of piperidine rings is 1. The van der Waals surface area contributed by atoms with Crippen LogP contribution in [-0.2, 0) is 21.8 Å². The van der Waals surface area contributed by atoms with Crippen LogP contribution < -0.4 is 0 Å². The van der Waals surface area contributed by atoms with E-state index in [-0.39, 0.29) is 36.4 Å². The molecule has 10 heteroatoms. The molecule has 1 aliphatic heterocycles. The van der Waals surface area contributed by atoms with Gasteiger partial charge in [-0.05, 0) is 55.2 Å². The van der Waals surface area contributed by atoms with Crippen molar-refractivity contribution in [3.8, 4) is 0 Å². The second kappa shape index (κ2) is 7.74. The third-order valence-electron chi connectivity index (χ3n) is 5.14. The standard InChI is InChI=1S/C19H18Cl2F3NO3S/c1-12-2-4-14(11-17(12)21)29(27,28)25-8-6-18(26,7-9-25)13-3-5-16(20)15(10-13)19(22,23)24/h2-5,10-11,26H,6-9H2,1H3. The summed E-state index contributed by atoms with van der Waals surface area (Å²) < 4.78 is 66.3. The lowest BCUT2D eigenvalue weighted by molar-refractivity contribution is -0.137. The predicted octanol–water partition coefficient (Wildman–Crippen LogP) is 4.99. The Kier molecular flexibility index (Phi) is 5.97. The molecule has 1 fully saturated rings. The molecule has 1 aliphatic rings. The highest BCUT2D eigenvalue weighted by molar-refractivity contribution is 7.89. The predicted molar refractivity (Wildman–Crippen MR) is 105 cm³/mol. The summed E-state index contributed by atoms with van der Waals surface area (Å²) in [4.78, 5) is 0.0318. The summed E-state index contributed by atoms with van der Waals surface area (Å²) >= 11 is 11.7. The largest absolute Gasteiger partial charge is 0.417 e. The topological polar surface area (TPSA) is 57.6 Å². The average Bonchev–Trinajstić information content (AvgIpc) is 2.63. The van der Waals surface area contributed by atoms with Crippen LogP contribution in [0.15, 0.2) is 41.3 Å². The van der Waals surface area contributed by atoms with E-state index in [1.54, 1.807) is 13.0 Å². The first kappa shape index (κ1) is 22.4. The van der Waals surface area contributed by atoms with Gasteiger partial charge in [0, 0.05) is 18.1 Å². The summed E-state index contributed by atoms with van der Waals surface area (Å²) in [6, 6.07) is 7.67. The van der Waals surface area contributed by atoms with Crippen molar-refractivity contribution in [1.82, 2.24) is 4.31 Å². The molecule has 29 heavy (non-hydrogen) atoms. The summed E-state index contributed by atoms with van der Waals surface area (Å²) in [5.41, 5.74) is -1.82. The van der Waals surface area contributed by atoms with Crippen LogP contribution in [0.3, 0.4) is 0 Å². The van der Waals surface area contributed by atoms with Gasteiger partial charge in [-0.25, -0.2) is 8.42 Å². The maximum Gasteiger partial charge on any atom is 0.417 e. The molecule has 1 heterocycles. The molecule has 3 rings (SSSR count). The normalized spacial score (nSPS) is 18.0. The van der Waals surface area contributed by atoms with Gasteiger partial charge in [-0.2, -0.15) is 17.5 Å². The zero-order valence-electron chi connectivity index (χ0n) is 15.3. The average molecular weight is 468 g/mol. The third kappa shape index (κ3) is 4.41. The van der Waals surface area contributed by atoms with Crippen molar-refractivity contribution in [3.63, 3.8) is 0 Å². The molecule has 0 amide bonds. The highest BCUT2D eigenvalue weighted by Gasteiger charge is 2.40. The fraction of sp³-hybridized carbons (Fsp3) is 0.368. The first-order chi connectivity index (χ1) is 13.3. The number of rotatable bonds is 3. The zero-order chi connectivity index (χ0) is 21.6. The molecule has 0 atom stereocenters. The summed E-state index contributed by atoms with van der Waals surface area (Å²) in [5.74, 6) is 0. The summed E-state index contributed by atoms with van der Waals surface area (Å²) in [6.07, 6.45) is -4.76. The van der Waals surface area contributed by atoms with Gasteiger partial charge in [-0.15, -0.1) is 0 Å². The smallest absolute Gasteiger partial charge is 0.385 e. The Morgan fingerprint density at radius 2 is 1.66 bits per heavy atom. The highest BCUT2D eigenvalue weighted by atomic mass is 35.5. The van der Waals surface area contributed by atoms with Crippen LogP contribution in [0.5, 0.6) is 0 Å². The van der Waals surface area contributed by atoms with Crippen molar-refractivity contribution >= 4 is 33.2 Å². The minimum Gasteiger partial charge on any atom is -0.385 e. The Bertz CT molecular complexity index is 1030. The van der Waals surface area contributed by atoms with E-state index in [2.05, 4.69) is 0 Å². The second-order valence-corrected chi connectivity index (χ2v) is 9.79. The number of hydrogen-bond acceptors (Lipinski definition) is 3. The Balaban J connectivity index is 1.83. The zero-order valence-corrected chi connectivity index (χ0v) is 17.6.